The fourth-order valence-electron chi connectivity index (χ4n) is 5.96. The fraction of sp³-hybridized carbons (Fsp3) is 0.480. The quantitative estimate of drug-likeness (QED) is 0.579. The lowest BCUT2D eigenvalue weighted by Crippen LogP contribution is -2.53. The summed E-state index contributed by atoms with van der Waals surface area (Å²) in [6.45, 7) is 4.00. The lowest BCUT2D eigenvalue weighted by Gasteiger charge is -2.55. The molecule has 30 heavy (non-hydrogen) atoms. The molecule has 160 valence electrons. The normalized spacial score (nSPS) is 28.5. The highest BCUT2D eigenvalue weighted by atomic mass is 19.1. The number of anilines is 1. The van der Waals surface area contributed by atoms with Crippen molar-refractivity contribution in [3.8, 4) is 11.1 Å². The molecule has 3 nitrogen and oxygen atoms in total. The van der Waals surface area contributed by atoms with Crippen LogP contribution in [0.4, 0.5) is 19.3 Å². The molecule has 4 aliphatic rings. The highest BCUT2D eigenvalue weighted by Gasteiger charge is 2.53. The van der Waals surface area contributed by atoms with Crippen LogP contribution in [0.5, 0.6) is 0 Å². The van der Waals surface area contributed by atoms with E-state index in [0.717, 1.165) is 25.3 Å². The molecule has 2 aromatic rings. The Balaban J connectivity index is 0.00000106. The monoisotopic (exact) mass is 413 g/mol. The van der Waals surface area contributed by atoms with E-state index in [1.807, 2.05) is 13.8 Å². The maximum atomic E-state index is 13.4. The number of rotatable bonds is 3. The minimum atomic E-state index is -0.614. The van der Waals surface area contributed by atoms with Crippen LogP contribution in [0.25, 0.3) is 11.1 Å². The second kappa shape index (κ2) is 8.37. The minimum Gasteiger partial charge on any atom is -0.443 e. The Bertz CT molecular complexity index is 854. The molecule has 0 spiro atoms. The third-order valence-electron chi connectivity index (χ3n) is 6.62. The molecule has 0 radical (unpaired) electrons. The molecular formula is C25H29F2NO2. The number of hydrogen-bond donors (Lipinski definition) is 1. The van der Waals surface area contributed by atoms with Gasteiger partial charge in [0.2, 0.25) is 0 Å². The van der Waals surface area contributed by atoms with Crippen molar-refractivity contribution in [1.29, 1.82) is 0 Å². The van der Waals surface area contributed by atoms with Crippen LogP contribution in [-0.4, -0.2) is 11.7 Å². The van der Waals surface area contributed by atoms with E-state index in [-0.39, 0.29) is 5.60 Å². The summed E-state index contributed by atoms with van der Waals surface area (Å²) in [7, 11) is 0. The average Bonchev–Trinajstić information content (AvgIpc) is 2.68. The maximum absolute atomic E-state index is 13.4. The predicted octanol–water partition coefficient (Wildman–Crippen LogP) is 7.18. The first-order chi connectivity index (χ1) is 14.5. The SMILES string of the molecule is CC.O=C(Nc1ccc(-c2cc(F)cc(F)c2)cc1)OC12CC3CC(CC(C3)C1)C2. The minimum absolute atomic E-state index is 0.280. The molecule has 0 unspecified atom stereocenters. The van der Waals surface area contributed by atoms with E-state index in [0.29, 0.717) is 34.6 Å². The summed E-state index contributed by atoms with van der Waals surface area (Å²) in [5.41, 5.74) is 1.46. The number of nitrogens with one attached hydrogen (secondary N) is 1. The summed E-state index contributed by atoms with van der Waals surface area (Å²) >= 11 is 0. The Hall–Kier alpha value is -2.43. The van der Waals surface area contributed by atoms with Crippen molar-refractivity contribution in [2.45, 2.75) is 58.0 Å². The van der Waals surface area contributed by atoms with Gasteiger partial charge in [-0.25, -0.2) is 13.6 Å². The van der Waals surface area contributed by atoms with E-state index in [2.05, 4.69) is 5.32 Å². The zero-order chi connectivity index (χ0) is 21.3. The Morgan fingerprint density at radius 3 is 1.87 bits per heavy atom. The van der Waals surface area contributed by atoms with Gasteiger partial charge in [0.05, 0.1) is 0 Å². The molecule has 5 heteroatoms. The molecule has 6 rings (SSSR count). The van der Waals surface area contributed by atoms with E-state index in [1.165, 1.54) is 31.4 Å². The summed E-state index contributed by atoms with van der Waals surface area (Å²) < 4.78 is 32.8. The van der Waals surface area contributed by atoms with Gasteiger partial charge < -0.3 is 4.74 Å². The number of hydrogen-bond acceptors (Lipinski definition) is 2. The molecule has 0 atom stereocenters. The molecule has 2 aromatic carbocycles. The lowest BCUT2D eigenvalue weighted by molar-refractivity contribution is -0.124. The summed E-state index contributed by atoms with van der Waals surface area (Å²) in [6, 6.07) is 10.3. The molecular weight excluding hydrogens is 384 g/mol. The third-order valence-corrected chi connectivity index (χ3v) is 6.62. The zero-order valence-electron chi connectivity index (χ0n) is 17.6. The lowest BCUT2D eigenvalue weighted by atomic mass is 9.54. The molecule has 1 amide bonds. The molecule has 0 aromatic heterocycles. The number of halogens is 2. The van der Waals surface area contributed by atoms with E-state index >= 15 is 0 Å². The van der Waals surface area contributed by atoms with Gasteiger partial charge in [-0.1, -0.05) is 26.0 Å². The maximum Gasteiger partial charge on any atom is 0.412 e. The van der Waals surface area contributed by atoms with Gasteiger partial charge in [0.25, 0.3) is 0 Å². The highest BCUT2D eigenvalue weighted by molar-refractivity contribution is 5.85. The van der Waals surface area contributed by atoms with Crippen LogP contribution in [0.3, 0.4) is 0 Å². The van der Waals surface area contributed by atoms with Gasteiger partial charge in [-0.2, -0.15) is 0 Å². The van der Waals surface area contributed by atoms with Crippen LogP contribution < -0.4 is 5.32 Å². The second-order valence-electron chi connectivity index (χ2n) is 8.85. The molecule has 0 heterocycles. The van der Waals surface area contributed by atoms with E-state index in [4.69, 9.17) is 4.74 Å². The summed E-state index contributed by atoms with van der Waals surface area (Å²) in [6.07, 6.45) is 6.47. The number of carbonyl (C=O) groups excluding carboxylic acids is 1. The fourth-order valence-corrected chi connectivity index (χ4v) is 5.96. The Morgan fingerprint density at radius 2 is 1.37 bits per heavy atom. The van der Waals surface area contributed by atoms with Crippen molar-refractivity contribution in [3.05, 3.63) is 54.1 Å². The van der Waals surface area contributed by atoms with Crippen molar-refractivity contribution < 1.29 is 18.3 Å². The van der Waals surface area contributed by atoms with E-state index < -0.39 is 17.7 Å². The Kier molecular flexibility index (Phi) is 5.81. The van der Waals surface area contributed by atoms with Crippen LogP contribution in [0.2, 0.25) is 0 Å². The van der Waals surface area contributed by atoms with Gasteiger partial charge >= 0.3 is 6.09 Å². The van der Waals surface area contributed by atoms with Gasteiger partial charge in [0.15, 0.2) is 0 Å². The molecule has 4 bridgehead atoms. The van der Waals surface area contributed by atoms with Crippen molar-refractivity contribution in [1.82, 2.24) is 0 Å². The molecule has 0 saturated heterocycles. The number of ether oxygens (including phenoxy) is 1. The first-order valence-corrected chi connectivity index (χ1v) is 11.0. The second-order valence-corrected chi connectivity index (χ2v) is 8.85. The molecule has 4 saturated carbocycles. The molecule has 0 aliphatic heterocycles. The van der Waals surface area contributed by atoms with E-state index in [9.17, 15) is 13.6 Å². The van der Waals surface area contributed by atoms with Crippen molar-refractivity contribution in [2.24, 2.45) is 17.8 Å². The first-order valence-electron chi connectivity index (χ1n) is 11.0. The first kappa shape index (κ1) is 20.8. The molecule has 1 N–H and O–H groups in total. The summed E-state index contributed by atoms with van der Waals surface area (Å²) in [5.74, 6) is 0.910. The van der Waals surface area contributed by atoms with Gasteiger partial charge in [-0.15, -0.1) is 0 Å². The smallest absolute Gasteiger partial charge is 0.412 e. The Morgan fingerprint density at radius 1 is 0.867 bits per heavy atom. The van der Waals surface area contributed by atoms with Gasteiger partial charge in [0, 0.05) is 11.8 Å². The van der Waals surface area contributed by atoms with Gasteiger partial charge in [-0.3, -0.25) is 5.32 Å². The van der Waals surface area contributed by atoms with Crippen LogP contribution in [-0.2, 0) is 4.74 Å². The number of amides is 1. The van der Waals surface area contributed by atoms with E-state index in [1.54, 1.807) is 24.3 Å². The van der Waals surface area contributed by atoms with Crippen LogP contribution in [0.15, 0.2) is 42.5 Å². The third kappa shape index (κ3) is 4.35. The van der Waals surface area contributed by atoms with Crippen molar-refractivity contribution in [3.63, 3.8) is 0 Å². The number of carbonyl (C=O) groups is 1. The highest BCUT2D eigenvalue weighted by Crippen LogP contribution is 2.57. The number of benzene rings is 2. The topological polar surface area (TPSA) is 38.3 Å². The Labute approximate surface area is 176 Å². The van der Waals surface area contributed by atoms with Gasteiger partial charge in [0.1, 0.15) is 17.2 Å². The van der Waals surface area contributed by atoms with Crippen LogP contribution in [0.1, 0.15) is 52.4 Å². The van der Waals surface area contributed by atoms with Crippen molar-refractivity contribution in [2.75, 3.05) is 5.32 Å². The summed E-state index contributed by atoms with van der Waals surface area (Å²) in [5, 5.41) is 2.81. The van der Waals surface area contributed by atoms with Crippen molar-refractivity contribution >= 4 is 11.8 Å². The standard InChI is InChI=1S/C23H23F2NO2.C2H6/c24-19-8-18(9-20(25)10-19)17-1-3-21(4-2-17)26-22(27)28-23-11-14-5-15(12-23)7-16(6-14)13-23;1-2/h1-4,8-10,14-16H,5-7,11-13H2,(H,26,27);1-2H3. The zero-order valence-corrected chi connectivity index (χ0v) is 17.6. The predicted molar refractivity (Wildman–Crippen MR) is 114 cm³/mol. The average molecular weight is 414 g/mol. The van der Waals surface area contributed by atoms with Crippen LogP contribution in [0, 0.1) is 29.4 Å². The molecule has 4 fully saturated rings. The van der Waals surface area contributed by atoms with Gasteiger partial charge in [-0.05, 0) is 91.7 Å². The molecule has 4 aliphatic carbocycles. The van der Waals surface area contributed by atoms with Crippen LogP contribution >= 0.6 is 0 Å². The largest absolute Gasteiger partial charge is 0.443 e. The summed E-state index contributed by atoms with van der Waals surface area (Å²) in [4.78, 5) is 12.5.